The topological polar surface area (TPSA) is 50.0 Å². The van der Waals surface area contributed by atoms with Gasteiger partial charge in [-0.25, -0.2) is 4.79 Å². The van der Waals surface area contributed by atoms with E-state index in [-0.39, 0.29) is 11.4 Å². The fraction of sp³-hybridized carbons (Fsp3) is 0.222. The number of rotatable bonds is 2. The van der Waals surface area contributed by atoms with Crippen LogP contribution in [0.2, 0.25) is 0 Å². The molecule has 0 bridgehead atoms. The second-order valence-corrected chi connectivity index (χ2v) is 8.46. The van der Waals surface area contributed by atoms with Gasteiger partial charge in [0.25, 0.3) is 0 Å². The summed E-state index contributed by atoms with van der Waals surface area (Å²) in [6.45, 7) is 6.06. The first-order valence-corrected chi connectivity index (χ1v) is 9.30. The third-order valence-corrected chi connectivity index (χ3v) is 4.62. The van der Waals surface area contributed by atoms with Gasteiger partial charge < -0.3 is 0 Å². The van der Waals surface area contributed by atoms with E-state index in [0.717, 1.165) is 8.95 Å². The lowest BCUT2D eigenvalue weighted by Gasteiger charge is -2.35. The van der Waals surface area contributed by atoms with Gasteiger partial charge in [-0.2, -0.15) is 10.0 Å². The first kappa shape index (κ1) is 17.9. The summed E-state index contributed by atoms with van der Waals surface area (Å²) in [5.41, 5.74) is 5.57. The Labute approximate surface area is 163 Å². The summed E-state index contributed by atoms with van der Waals surface area (Å²) in [5.74, 6) is 0.581. The lowest BCUT2D eigenvalue weighted by molar-refractivity contribution is 0.248. The molecule has 0 spiro atoms. The van der Waals surface area contributed by atoms with Gasteiger partial charge in [0, 0.05) is 14.4 Å². The molecule has 25 heavy (non-hydrogen) atoms. The number of halogens is 2. The molecule has 0 atom stereocenters. The van der Waals surface area contributed by atoms with Gasteiger partial charge in [-0.1, -0.05) is 52.6 Å². The number of amidine groups is 1. The Morgan fingerprint density at radius 3 is 1.68 bits per heavy atom. The lowest BCUT2D eigenvalue weighted by Crippen LogP contribution is -2.55. The largest absolute Gasteiger partial charge is 0.370 e. The molecule has 2 amide bonds. The number of hydrogen-bond acceptors (Lipinski definition) is 2. The van der Waals surface area contributed by atoms with Crippen LogP contribution in [0.4, 0.5) is 16.2 Å². The molecule has 2 aromatic rings. The molecular weight excluding hydrogens is 448 g/mol. The van der Waals surface area contributed by atoms with Crippen molar-refractivity contribution < 1.29 is 4.79 Å². The van der Waals surface area contributed by atoms with E-state index in [1.807, 2.05) is 69.3 Å². The number of nitrogens with zero attached hydrogens (tertiary/aromatic N) is 4. The van der Waals surface area contributed by atoms with Crippen molar-refractivity contribution in [2.24, 2.45) is 10.5 Å². The van der Waals surface area contributed by atoms with Gasteiger partial charge in [0.15, 0.2) is 5.84 Å². The summed E-state index contributed by atoms with van der Waals surface area (Å²) in [7, 11) is 0. The zero-order valence-electron chi connectivity index (χ0n) is 14.1. The Balaban J connectivity index is 2.05. The molecule has 1 radical (unpaired) electrons. The molecule has 0 aromatic heterocycles. The quantitative estimate of drug-likeness (QED) is 0.575. The van der Waals surface area contributed by atoms with Gasteiger partial charge in [0.05, 0.1) is 11.4 Å². The van der Waals surface area contributed by atoms with Crippen LogP contribution < -0.4 is 15.4 Å². The minimum absolute atomic E-state index is 0.304. The Morgan fingerprint density at radius 1 is 0.800 bits per heavy atom. The zero-order chi connectivity index (χ0) is 18.2. The highest BCUT2D eigenvalue weighted by molar-refractivity contribution is 9.10. The zero-order valence-corrected chi connectivity index (χ0v) is 17.2. The predicted molar refractivity (Wildman–Crippen MR) is 108 cm³/mol. The van der Waals surface area contributed by atoms with E-state index in [0.29, 0.717) is 17.2 Å². The van der Waals surface area contributed by atoms with E-state index >= 15 is 0 Å². The molecule has 0 N–H and O–H groups in total. The van der Waals surface area contributed by atoms with Gasteiger partial charge in [-0.15, -0.1) is 10.5 Å². The number of benzene rings is 2. The third-order valence-electron chi connectivity index (χ3n) is 3.57. The molecule has 1 aliphatic rings. The molecule has 0 saturated heterocycles. The highest BCUT2D eigenvalue weighted by atomic mass is 79.9. The van der Waals surface area contributed by atoms with Crippen LogP contribution >= 0.6 is 31.9 Å². The summed E-state index contributed by atoms with van der Waals surface area (Å²) in [6, 6.07) is 14.6. The molecule has 2 aromatic carbocycles. The monoisotopic (exact) mass is 463 g/mol. The van der Waals surface area contributed by atoms with Crippen LogP contribution in [0.25, 0.3) is 0 Å². The van der Waals surface area contributed by atoms with Gasteiger partial charge >= 0.3 is 6.03 Å². The predicted octanol–water partition coefficient (Wildman–Crippen LogP) is 5.54. The number of hydrazone groups is 1. The maximum absolute atomic E-state index is 13.0. The summed E-state index contributed by atoms with van der Waals surface area (Å²) in [5, 5.41) is 7.28. The number of amides is 2. The third kappa shape index (κ3) is 3.88. The fourth-order valence-corrected chi connectivity index (χ4v) is 2.71. The SMILES string of the molecule is CC(C)(C)C1=NN(c2ccc(Br)cc2)C(=O)N(c2ccc(Br)cc2)[N]1. The summed E-state index contributed by atoms with van der Waals surface area (Å²) in [4.78, 5) is 13.0. The number of carbonyl (C=O) groups excluding carboxylic acids is 1. The Kier molecular flexibility index (Phi) is 4.88. The van der Waals surface area contributed by atoms with Crippen molar-refractivity contribution in [2.75, 3.05) is 10.0 Å². The molecule has 1 aliphatic heterocycles. The molecule has 5 nitrogen and oxygen atoms in total. The number of carbonyl (C=O) groups is 1. The second kappa shape index (κ2) is 6.80. The van der Waals surface area contributed by atoms with Crippen molar-refractivity contribution in [3.8, 4) is 0 Å². The van der Waals surface area contributed by atoms with E-state index in [4.69, 9.17) is 0 Å². The smallest absolute Gasteiger partial charge is 0.244 e. The van der Waals surface area contributed by atoms with Crippen molar-refractivity contribution in [2.45, 2.75) is 20.8 Å². The van der Waals surface area contributed by atoms with Crippen molar-refractivity contribution >= 4 is 55.1 Å². The Hall–Kier alpha value is -1.86. The van der Waals surface area contributed by atoms with E-state index in [1.165, 1.54) is 10.0 Å². The molecule has 3 rings (SSSR count). The van der Waals surface area contributed by atoms with Crippen molar-refractivity contribution in [1.82, 2.24) is 5.43 Å². The van der Waals surface area contributed by atoms with Crippen LogP contribution in [-0.4, -0.2) is 11.9 Å². The van der Waals surface area contributed by atoms with Crippen molar-refractivity contribution in [1.29, 1.82) is 0 Å². The first-order chi connectivity index (χ1) is 11.8. The molecule has 1 heterocycles. The molecule has 0 aliphatic carbocycles. The van der Waals surface area contributed by atoms with E-state index in [1.54, 1.807) is 0 Å². The van der Waals surface area contributed by atoms with E-state index < -0.39 is 0 Å². The van der Waals surface area contributed by atoms with Gasteiger partial charge in [0.2, 0.25) is 0 Å². The average molecular weight is 465 g/mol. The fourth-order valence-electron chi connectivity index (χ4n) is 2.19. The van der Waals surface area contributed by atoms with Crippen LogP contribution in [0.3, 0.4) is 0 Å². The van der Waals surface area contributed by atoms with Crippen LogP contribution in [0.15, 0.2) is 62.6 Å². The maximum Gasteiger partial charge on any atom is 0.370 e. The molecule has 7 heteroatoms. The average Bonchev–Trinajstić information content (AvgIpc) is 2.56. The lowest BCUT2D eigenvalue weighted by atomic mass is 9.95. The normalized spacial score (nSPS) is 15.1. The number of hydrogen-bond donors (Lipinski definition) is 0. The van der Waals surface area contributed by atoms with Crippen molar-refractivity contribution in [3.63, 3.8) is 0 Å². The molecule has 0 fully saturated rings. The van der Waals surface area contributed by atoms with Crippen LogP contribution in [0.5, 0.6) is 0 Å². The Morgan fingerprint density at radius 2 is 1.24 bits per heavy atom. The van der Waals surface area contributed by atoms with Crippen LogP contribution in [-0.2, 0) is 0 Å². The minimum atomic E-state index is -0.322. The summed E-state index contributed by atoms with van der Waals surface area (Å²) < 4.78 is 1.88. The highest BCUT2D eigenvalue weighted by Gasteiger charge is 2.36. The van der Waals surface area contributed by atoms with Crippen LogP contribution in [0.1, 0.15) is 20.8 Å². The molecule has 0 unspecified atom stereocenters. The van der Waals surface area contributed by atoms with Gasteiger partial charge in [0.1, 0.15) is 0 Å². The molecular formula is C18H17Br2N4O. The van der Waals surface area contributed by atoms with Gasteiger partial charge in [-0.3, -0.25) is 0 Å². The van der Waals surface area contributed by atoms with Gasteiger partial charge in [-0.05, 0) is 48.5 Å². The second-order valence-electron chi connectivity index (χ2n) is 6.63. The van der Waals surface area contributed by atoms with E-state index in [9.17, 15) is 4.79 Å². The number of anilines is 2. The Bertz CT molecular complexity index is 810. The highest BCUT2D eigenvalue weighted by Crippen LogP contribution is 2.28. The van der Waals surface area contributed by atoms with E-state index in [2.05, 4.69) is 42.4 Å². The standard InChI is InChI=1S/C18H17Br2N4O/c1-18(2,3)16-21-23(14-8-4-12(19)5-9-14)17(25)24(22-16)15-10-6-13(20)7-11-15/h4-11H,1-3H3. The first-order valence-electron chi connectivity index (χ1n) is 7.72. The molecule has 0 saturated carbocycles. The maximum atomic E-state index is 13.0. The summed E-state index contributed by atoms with van der Waals surface area (Å²) >= 11 is 6.82. The number of urea groups is 1. The molecule has 129 valence electrons. The summed E-state index contributed by atoms with van der Waals surface area (Å²) in [6.07, 6.45) is 0. The van der Waals surface area contributed by atoms with Crippen molar-refractivity contribution in [3.05, 3.63) is 57.5 Å². The van der Waals surface area contributed by atoms with Crippen LogP contribution in [0, 0.1) is 5.41 Å². The minimum Gasteiger partial charge on any atom is -0.244 e.